The number of amides is 1. The molecule has 2 aliphatic heterocycles. The summed E-state index contributed by atoms with van der Waals surface area (Å²) in [4.78, 5) is 18.0. The predicted octanol–water partition coefficient (Wildman–Crippen LogP) is 4.20. The second-order valence-corrected chi connectivity index (χ2v) is 9.39. The molecule has 1 aromatic rings. The maximum absolute atomic E-state index is 13.2. The number of carbonyl (C=O) groups is 1. The molecule has 29 heavy (non-hydrogen) atoms. The van der Waals surface area contributed by atoms with Crippen LogP contribution in [0.5, 0.6) is 0 Å². The van der Waals surface area contributed by atoms with E-state index in [0.29, 0.717) is 12.0 Å². The van der Waals surface area contributed by atoms with E-state index >= 15 is 0 Å². The standard InChI is InChI=1S/C25H38N2O2/c1-20-7-2-3-8-22(20)14-17-26-15-12-21(13-16-26)19-27(23-9-4-5-10-23)25(28)24-11-6-18-29-24/h2-3,7-8,21,23-24H,4-6,9-19H2,1H3. The first-order valence-corrected chi connectivity index (χ1v) is 11.9. The van der Waals surface area contributed by atoms with Gasteiger partial charge in [0.1, 0.15) is 6.10 Å². The minimum absolute atomic E-state index is 0.162. The van der Waals surface area contributed by atoms with Crippen molar-refractivity contribution in [1.82, 2.24) is 9.80 Å². The number of carbonyl (C=O) groups excluding carboxylic acids is 1. The number of aryl methyl sites for hydroxylation is 1. The van der Waals surface area contributed by atoms with Crippen LogP contribution in [-0.4, -0.2) is 60.6 Å². The van der Waals surface area contributed by atoms with E-state index in [2.05, 4.69) is 41.0 Å². The smallest absolute Gasteiger partial charge is 0.251 e. The van der Waals surface area contributed by atoms with Gasteiger partial charge in [0, 0.05) is 25.7 Å². The minimum atomic E-state index is -0.162. The molecule has 0 bridgehead atoms. The van der Waals surface area contributed by atoms with Crippen LogP contribution in [0.2, 0.25) is 0 Å². The highest BCUT2D eigenvalue weighted by Gasteiger charge is 2.35. The number of hydrogen-bond acceptors (Lipinski definition) is 3. The second kappa shape index (κ2) is 10.1. The van der Waals surface area contributed by atoms with Gasteiger partial charge in [-0.2, -0.15) is 0 Å². The number of hydrogen-bond donors (Lipinski definition) is 0. The SMILES string of the molecule is Cc1ccccc1CCN1CCC(CN(C(=O)C2CCCO2)C2CCCC2)CC1. The Labute approximate surface area is 176 Å². The molecule has 1 unspecified atom stereocenters. The van der Waals surface area contributed by atoms with Crippen molar-refractivity contribution >= 4 is 5.91 Å². The van der Waals surface area contributed by atoms with Gasteiger partial charge in [-0.15, -0.1) is 0 Å². The molecule has 1 atom stereocenters. The van der Waals surface area contributed by atoms with Gasteiger partial charge in [0.15, 0.2) is 0 Å². The molecule has 2 saturated heterocycles. The van der Waals surface area contributed by atoms with E-state index in [0.717, 1.165) is 39.0 Å². The monoisotopic (exact) mass is 398 g/mol. The number of rotatable bonds is 7. The zero-order valence-electron chi connectivity index (χ0n) is 18.2. The third-order valence-corrected chi connectivity index (χ3v) is 7.37. The summed E-state index contributed by atoms with van der Waals surface area (Å²) in [6, 6.07) is 9.21. The van der Waals surface area contributed by atoms with Crippen molar-refractivity contribution in [3.8, 4) is 0 Å². The Hall–Kier alpha value is -1.39. The summed E-state index contributed by atoms with van der Waals surface area (Å²) in [7, 11) is 0. The first kappa shape index (κ1) is 20.9. The van der Waals surface area contributed by atoms with Crippen LogP contribution in [0.4, 0.5) is 0 Å². The van der Waals surface area contributed by atoms with Crippen LogP contribution in [0.15, 0.2) is 24.3 Å². The Morgan fingerprint density at radius 1 is 1.07 bits per heavy atom. The van der Waals surface area contributed by atoms with E-state index in [9.17, 15) is 4.79 Å². The second-order valence-electron chi connectivity index (χ2n) is 9.39. The molecule has 4 rings (SSSR count). The normalized spacial score (nSPS) is 24.2. The van der Waals surface area contributed by atoms with E-state index in [1.165, 1.54) is 62.7 Å². The van der Waals surface area contributed by atoms with Crippen LogP contribution in [0, 0.1) is 12.8 Å². The number of benzene rings is 1. The summed E-state index contributed by atoms with van der Waals surface area (Å²) >= 11 is 0. The molecule has 0 radical (unpaired) electrons. The lowest BCUT2D eigenvalue weighted by molar-refractivity contribution is -0.144. The third-order valence-electron chi connectivity index (χ3n) is 7.37. The van der Waals surface area contributed by atoms with Gasteiger partial charge < -0.3 is 14.5 Å². The molecule has 1 aromatic carbocycles. The number of piperidine rings is 1. The fourth-order valence-electron chi connectivity index (χ4n) is 5.43. The van der Waals surface area contributed by atoms with E-state index in [-0.39, 0.29) is 12.0 Å². The predicted molar refractivity (Wildman–Crippen MR) is 117 cm³/mol. The lowest BCUT2D eigenvalue weighted by Gasteiger charge is -2.38. The van der Waals surface area contributed by atoms with Gasteiger partial charge >= 0.3 is 0 Å². The van der Waals surface area contributed by atoms with Crippen molar-refractivity contribution in [3.63, 3.8) is 0 Å². The van der Waals surface area contributed by atoms with Crippen LogP contribution in [0.25, 0.3) is 0 Å². The maximum Gasteiger partial charge on any atom is 0.251 e. The van der Waals surface area contributed by atoms with Gasteiger partial charge in [-0.1, -0.05) is 37.1 Å². The first-order chi connectivity index (χ1) is 14.2. The summed E-state index contributed by atoms with van der Waals surface area (Å²) in [5, 5.41) is 0. The van der Waals surface area contributed by atoms with Crippen molar-refractivity contribution in [3.05, 3.63) is 35.4 Å². The van der Waals surface area contributed by atoms with Gasteiger partial charge in [0.25, 0.3) is 5.91 Å². The fourth-order valence-corrected chi connectivity index (χ4v) is 5.43. The van der Waals surface area contributed by atoms with Gasteiger partial charge in [-0.05, 0) is 82.0 Å². The lowest BCUT2D eigenvalue weighted by Crippen LogP contribution is -2.48. The average molecular weight is 399 g/mol. The van der Waals surface area contributed by atoms with Crippen molar-refractivity contribution in [1.29, 1.82) is 0 Å². The molecule has 2 heterocycles. The van der Waals surface area contributed by atoms with Crippen molar-refractivity contribution < 1.29 is 9.53 Å². The average Bonchev–Trinajstić information content (AvgIpc) is 3.46. The summed E-state index contributed by atoms with van der Waals surface area (Å²) in [5.74, 6) is 0.937. The topological polar surface area (TPSA) is 32.8 Å². The number of likely N-dealkylation sites (tertiary alicyclic amines) is 1. The summed E-state index contributed by atoms with van der Waals surface area (Å²) in [5.41, 5.74) is 2.88. The third kappa shape index (κ3) is 5.40. The molecule has 4 heteroatoms. The minimum Gasteiger partial charge on any atom is -0.368 e. The molecule has 4 nitrogen and oxygen atoms in total. The van der Waals surface area contributed by atoms with E-state index in [1.807, 2.05) is 0 Å². The molecule has 1 saturated carbocycles. The van der Waals surface area contributed by atoms with Crippen molar-refractivity contribution in [2.45, 2.75) is 76.9 Å². The number of ether oxygens (including phenoxy) is 1. The quantitative estimate of drug-likeness (QED) is 0.690. The largest absolute Gasteiger partial charge is 0.368 e. The van der Waals surface area contributed by atoms with Gasteiger partial charge in [0.2, 0.25) is 0 Å². The first-order valence-electron chi connectivity index (χ1n) is 11.9. The molecule has 1 amide bonds. The van der Waals surface area contributed by atoms with Gasteiger partial charge in [-0.3, -0.25) is 4.79 Å². The van der Waals surface area contributed by atoms with Crippen LogP contribution in [0.3, 0.4) is 0 Å². The molecule has 3 fully saturated rings. The molecule has 1 aliphatic carbocycles. The van der Waals surface area contributed by atoms with E-state index in [4.69, 9.17) is 4.74 Å². The maximum atomic E-state index is 13.2. The Kier molecular flexibility index (Phi) is 7.25. The Balaban J connectivity index is 1.27. The van der Waals surface area contributed by atoms with Crippen molar-refractivity contribution in [2.75, 3.05) is 32.8 Å². The molecule has 0 aromatic heterocycles. The van der Waals surface area contributed by atoms with Crippen LogP contribution < -0.4 is 0 Å². The van der Waals surface area contributed by atoms with Gasteiger partial charge in [0.05, 0.1) is 0 Å². The van der Waals surface area contributed by atoms with E-state index < -0.39 is 0 Å². The van der Waals surface area contributed by atoms with Crippen LogP contribution in [-0.2, 0) is 16.0 Å². The lowest BCUT2D eigenvalue weighted by atomic mass is 9.94. The van der Waals surface area contributed by atoms with Gasteiger partial charge in [-0.25, -0.2) is 0 Å². The summed E-state index contributed by atoms with van der Waals surface area (Å²) in [6.07, 6.45) is 10.3. The molecule has 0 spiro atoms. The Bertz CT molecular complexity index is 657. The van der Waals surface area contributed by atoms with Crippen molar-refractivity contribution in [2.24, 2.45) is 5.92 Å². The highest BCUT2D eigenvalue weighted by atomic mass is 16.5. The molecular formula is C25H38N2O2. The Morgan fingerprint density at radius 3 is 2.52 bits per heavy atom. The zero-order chi connectivity index (χ0) is 20.1. The summed E-state index contributed by atoms with van der Waals surface area (Å²) in [6.45, 7) is 7.42. The highest BCUT2D eigenvalue weighted by Crippen LogP contribution is 2.29. The molecule has 3 aliphatic rings. The molecule has 160 valence electrons. The van der Waals surface area contributed by atoms with E-state index in [1.54, 1.807) is 0 Å². The molecule has 0 N–H and O–H groups in total. The Morgan fingerprint density at radius 2 is 1.83 bits per heavy atom. The van der Waals surface area contributed by atoms with Crippen LogP contribution >= 0.6 is 0 Å². The molecular weight excluding hydrogens is 360 g/mol. The zero-order valence-corrected chi connectivity index (χ0v) is 18.2. The van der Waals surface area contributed by atoms with Crippen LogP contribution in [0.1, 0.15) is 62.5 Å². The fraction of sp³-hybridized carbons (Fsp3) is 0.720. The highest BCUT2D eigenvalue weighted by molar-refractivity contribution is 5.81. The summed E-state index contributed by atoms with van der Waals surface area (Å²) < 4.78 is 5.75. The number of nitrogens with zero attached hydrogens (tertiary/aromatic N) is 2.